The van der Waals surface area contributed by atoms with Gasteiger partial charge in [-0.05, 0) is 30.3 Å². The van der Waals surface area contributed by atoms with E-state index in [1.807, 2.05) is 0 Å². The maximum atomic E-state index is 14.0. The van der Waals surface area contributed by atoms with E-state index in [0.29, 0.717) is 20.6 Å². The largest absolute Gasteiger partial charge is 0.318 e. The fourth-order valence-corrected chi connectivity index (χ4v) is 3.15. The molecule has 0 bridgehead atoms. The first-order valence-electron chi connectivity index (χ1n) is 5.78. The zero-order valence-corrected chi connectivity index (χ0v) is 12.6. The van der Waals surface area contributed by atoms with Gasteiger partial charge in [-0.2, -0.15) is 0 Å². The number of amides is 1. The third-order valence-corrected chi connectivity index (χ3v) is 4.65. The smallest absolute Gasteiger partial charge is 0.296 e. The molecule has 0 spiro atoms. The van der Waals surface area contributed by atoms with E-state index >= 15 is 0 Å². The number of anilines is 1. The van der Waals surface area contributed by atoms with Crippen LogP contribution in [0.5, 0.6) is 0 Å². The van der Waals surface area contributed by atoms with Crippen molar-refractivity contribution in [3.8, 4) is 0 Å². The van der Waals surface area contributed by atoms with Crippen LogP contribution in [-0.4, -0.2) is 11.7 Å². The summed E-state index contributed by atoms with van der Waals surface area (Å²) < 4.78 is 14.0. The first-order chi connectivity index (χ1) is 9.95. The predicted octanol–water partition coefficient (Wildman–Crippen LogP) is 4.42. The van der Waals surface area contributed by atoms with Crippen molar-refractivity contribution in [2.75, 3.05) is 5.32 Å². The average Bonchev–Trinajstić information content (AvgIpc) is 2.70. The molecule has 0 fully saturated rings. The molecule has 1 aliphatic heterocycles. The third-order valence-electron chi connectivity index (χ3n) is 2.89. The zero-order chi connectivity index (χ0) is 15.1. The van der Waals surface area contributed by atoms with Gasteiger partial charge in [0.05, 0.1) is 26.2 Å². The zero-order valence-electron chi connectivity index (χ0n) is 10.2. The molecule has 0 saturated heterocycles. The van der Waals surface area contributed by atoms with Crippen molar-refractivity contribution in [2.45, 2.75) is 9.79 Å². The van der Waals surface area contributed by atoms with E-state index in [9.17, 15) is 14.0 Å². The van der Waals surface area contributed by atoms with Gasteiger partial charge in [0.25, 0.3) is 11.7 Å². The minimum atomic E-state index is -0.749. The first kappa shape index (κ1) is 14.4. The number of carbonyl (C=O) groups is 2. The normalized spacial score (nSPS) is 13.3. The molecule has 1 aliphatic rings. The Morgan fingerprint density at radius 3 is 2.52 bits per heavy atom. The van der Waals surface area contributed by atoms with Crippen LogP contribution in [0.4, 0.5) is 10.1 Å². The lowest BCUT2D eigenvalue weighted by Crippen LogP contribution is -2.12. The van der Waals surface area contributed by atoms with Gasteiger partial charge in [0.2, 0.25) is 0 Å². The van der Waals surface area contributed by atoms with Crippen molar-refractivity contribution in [3.63, 3.8) is 0 Å². The topological polar surface area (TPSA) is 46.2 Å². The number of rotatable bonds is 2. The van der Waals surface area contributed by atoms with Crippen molar-refractivity contribution < 1.29 is 14.0 Å². The molecular formula is C14H6Cl2FNO2S. The molecule has 2 aromatic carbocycles. The van der Waals surface area contributed by atoms with Crippen LogP contribution in [0.15, 0.2) is 40.1 Å². The summed E-state index contributed by atoms with van der Waals surface area (Å²) in [5, 5.41) is 3.18. The Bertz CT molecular complexity index is 795. The quantitative estimate of drug-likeness (QED) is 0.822. The molecule has 3 nitrogen and oxygen atoms in total. The summed E-state index contributed by atoms with van der Waals surface area (Å²) in [7, 11) is 0. The highest BCUT2D eigenvalue weighted by molar-refractivity contribution is 7.99. The number of benzene rings is 2. The Morgan fingerprint density at radius 2 is 1.81 bits per heavy atom. The maximum absolute atomic E-state index is 14.0. The van der Waals surface area contributed by atoms with Crippen LogP contribution < -0.4 is 5.32 Å². The molecule has 21 heavy (non-hydrogen) atoms. The van der Waals surface area contributed by atoms with E-state index in [4.69, 9.17) is 23.2 Å². The van der Waals surface area contributed by atoms with Crippen LogP contribution in [-0.2, 0) is 4.79 Å². The Morgan fingerprint density at radius 1 is 1.05 bits per heavy atom. The molecule has 3 rings (SSSR count). The molecule has 2 aromatic rings. The molecule has 0 saturated carbocycles. The standard InChI is InChI=1S/C14H6Cl2FNO2S/c15-8-2-1-6(3-9(8)16)21-12-5-11-7(4-10(12)17)13(19)14(20)18-11/h1-5H,(H,18,19,20). The number of Topliss-reactive ketones (excluding diaryl/α,β-unsaturated/α-hetero) is 1. The molecule has 0 aliphatic carbocycles. The lowest BCUT2D eigenvalue weighted by Gasteiger charge is -2.06. The fraction of sp³-hybridized carbons (Fsp3) is 0. The fourth-order valence-electron chi connectivity index (χ4n) is 1.89. The summed E-state index contributed by atoms with van der Waals surface area (Å²) in [6.45, 7) is 0. The summed E-state index contributed by atoms with van der Waals surface area (Å²) in [5.74, 6) is -2.05. The minimum Gasteiger partial charge on any atom is -0.318 e. The van der Waals surface area contributed by atoms with Crippen LogP contribution in [0.25, 0.3) is 0 Å². The summed E-state index contributed by atoms with van der Waals surface area (Å²) in [6.07, 6.45) is 0. The van der Waals surface area contributed by atoms with Crippen molar-refractivity contribution in [1.29, 1.82) is 0 Å². The highest BCUT2D eigenvalue weighted by atomic mass is 35.5. The first-order valence-corrected chi connectivity index (χ1v) is 7.35. The molecule has 1 heterocycles. The second kappa shape index (κ2) is 5.33. The Kier molecular flexibility index (Phi) is 3.65. The highest BCUT2D eigenvalue weighted by Crippen LogP contribution is 2.37. The van der Waals surface area contributed by atoms with Gasteiger partial charge in [-0.25, -0.2) is 4.39 Å². The predicted molar refractivity (Wildman–Crippen MR) is 79.9 cm³/mol. The molecule has 1 amide bonds. The second-order valence-corrected chi connectivity index (χ2v) is 6.22. The van der Waals surface area contributed by atoms with E-state index < -0.39 is 17.5 Å². The second-order valence-electron chi connectivity index (χ2n) is 4.29. The lowest BCUT2D eigenvalue weighted by molar-refractivity contribution is -0.112. The SMILES string of the molecule is O=C1Nc2cc(Sc3ccc(Cl)c(Cl)c3)c(F)cc2C1=O. The molecule has 106 valence electrons. The number of ketones is 1. The maximum Gasteiger partial charge on any atom is 0.296 e. The molecule has 0 aromatic heterocycles. The molecule has 0 unspecified atom stereocenters. The van der Waals surface area contributed by atoms with Crippen molar-refractivity contribution >= 4 is 52.3 Å². The number of hydrogen-bond acceptors (Lipinski definition) is 3. The minimum absolute atomic E-state index is 0.0518. The molecule has 0 atom stereocenters. The summed E-state index contributed by atoms with van der Waals surface area (Å²) in [4.78, 5) is 23.7. The van der Waals surface area contributed by atoms with E-state index in [0.717, 1.165) is 17.8 Å². The molecular weight excluding hydrogens is 336 g/mol. The number of fused-ring (bicyclic) bond motifs is 1. The Balaban J connectivity index is 1.97. The molecule has 1 N–H and O–H groups in total. The van der Waals surface area contributed by atoms with Gasteiger partial charge in [-0.1, -0.05) is 35.0 Å². The van der Waals surface area contributed by atoms with Crippen LogP contribution in [0.3, 0.4) is 0 Å². The van der Waals surface area contributed by atoms with Crippen molar-refractivity contribution in [1.82, 2.24) is 0 Å². The summed E-state index contributed by atoms with van der Waals surface area (Å²) >= 11 is 12.9. The van der Waals surface area contributed by atoms with Gasteiger partial charge in [0.1, 0.15) is 5.82 Å². The number of halogens is 3. The highest BCUT2D eigenvalue weighted by Gasteiger charge is 2.29. The Hall–Kier alpha value is -1.56. The van der Waals surface area contributed by atoms with E-state index in [-0.39, 0.29) is 10.5 Å². The van der Waals surface area contributed by atoms with Crippen LogP contribution in [0.1, 0.15) is 10.4 Å². The van der Waals surface area contributed by atoms with Crippen molar-refractivity contribution in [2.24, 2.45) is 0 Å². The van der Waals surface area contributed by atoms with Crippen LogP contribution >= 0.6 is 35.0 Å². The van der Waals surface area contributed by atoms with Crippen LogP contribution in [0.2, 0.25) is 10.0 Å². The van der Waals surface area contributed by atoms with Gasteiger partial charge in [0.15, 0.2) is 0 Å². The van der Waals surface area contributed by atoms with Gasteiger partial charge < -0.3 is 5.32 Å². The third kappa shape index (κ3) is 2.64. The van der Waals surface area contributed by atoms with E-state index in [1.165, 1.54) is 6.07 Å². The van der Waals surface area contributed by atoms with Gasteiger partial charge in [-0.15, -0.1) is 0 Å². The lowest BCUT2D eigenvalue weighted by atomic mass is 10.1. The summed E-state index contributed by atoms with van der Waals surface area (Å²) in [5.41, 5.74) is 0.366. The monoisotopic (exact) mass is 341 g/mol. The van der Waals surface area contributed by atoms with E-state index in [1.54, 1.807) is 18.2 Å². The Labute approximate surface area is 133 Å². The van der Waals surface area contributed by atoms with Crippen molar-refractivity contribution in [3.05, 3.63) is 51.8 Å². The molecule has 7 heteroatoms. The molecule has 0 radical (unpaired) electrons. The summed E-state index contributed by atoms with van der Waals surface area (Å²) in [6, 6.07) is 7.43. The number of hydrogen-bond donors (Lipinski definition) is 1. The van der Waals surface area contributed by atoms with Crippen LogP contribution in [0, 0.1) is 5.82 Å². The number of nitrogens with one attached hydrogen (secondary N) is 1. The number of carbonyl (C=O) groups excluding carboxylic acids is 2. The van der Waals surface area contributed by atoms with Gasteiger partial charge in [0, 0.05) is 4.90 Å². The average molecular weight is 342 g/mol. The van der Waals surface area contributed by atoms with E-state index in [2.05, 4.69) is 5.32 Å². The van der Waals surface area contributed by atoms with Gasteiger partial charge in [-0.3, -0.25) is 9.59 Å². The van der Waals surface area contributed by atoms with Gasteiger partial charge >= 0.3 is 0 Å².